The molecule has 0 unspecified atom stereocenters. The molecule has 0 saturated heterocycles. The maximum absolute atomic E-state index is 13.3. The molecule has 1 aromatic rings. The minimum absolute atomic E-state index is 0.290. The molecule has 1 fully saturated rings. The van der Waals surface area contributed by atoms with Gasteiger partial charge in [-0.25, -0.2) is 4.39 Å². The first kappa shape index (κ1) is 10.3. The Kier molecular flexibility index (Phi) is 2.80. The van der Waals surface area contributed by atoms with Crippen molar-refractivity contribution in [1.82, 2.24) is 0 Å². The molecule has 0 aliphatic heterocycles. The highest BCUT2D eigenvalue weighted by atomic mass is 19.1. The summed E-state index contributed by atoms with van der Waals surface area (Å²) in [5.41, 5.74) is 6.91. The van der Waals surface area contributed by atoms with Crippen molar-refractivity contribution >= 4 is 11.4 Å². The van der Waals surface area contributed by atoms with Gasteiger partial charge in [0.15, 0.2) is 0 Å². The Morgan fingerprint density at radius 2 is 2.20 bits per heavy atom. The average molecular weight is 208 g/mol. The van der Waals surface area contributed by atoms with E-state index < -0.39 is 0 Å². The van der Waals surface area contributed by atoms with Gasteiger partial charge in [0.1, 0.15) is 5.82 Å². The predicted molar refractivity (Wildman–Crippen MR) is 61.5 cm³/mol. The Morgan fingerprint density at radius 1 is 1.47 bits per heavy atom. The van der Waals surface area contributed by atoms with Gasteiger partial charge in [-0.2, -0.15) is 0 Å². The lowest BCUT2D eigenvalue weighted by Crippen LogP contribution is -2.27. The second-order valence-electron chi connectivity index (χ2n) is 4.10. The highest BCUT2D eigenvalue weighted by molar-refractivity contribution is 5.68. The van der Waals surface area contributed by atoms with Crippen molar-refractivity contribution in [3.8, 4) is 0 Å². The molecule has 82 valence electrons. The maximum Gasteiger partial charge on any atom is 0.148 e. The van der Waals surface area contributed by atoms with E-state index in [9.17, 15) is 4.39 Å². The van der Waals surface area contributed by atoms with E-state index in [1.807, 2.05) is 6.07 Å². The molecule has 0 radical (unpaired) electrons. The third kappa shape index (κ3) is 2.06. The number of hydrogen-bond acceptors (Lipinski definition) is 2. The van der Waals surface area contributed by atoms with Gasteiger partial charge in [0, 0.05) is 12.6 Å². The van der Waals surface area contributed by atoms with Crippen molar-refractivity contribution in [1.29, 1.82) is 0 Å². The fourth-order valence-electron chi connectivity index (χ4n) is 1.90. The molecule has 3 heteroatoms. The average Bonchev–Trinajstić information content (AvgIpc) is 3.03. The van der Waals surface area contributed by atoms with Crippen molar-refractivity contribution in [2.24, 2.45) is 0 Å². The number of halogens is 1. The zero-order valence-corrected chi connectivity index (χ0v) is 9.04. The van der Waals surface area contributed by atoms with Crippen molar-refractivity contribution in [3.05, 3.63) is 24.0 Å². The van der Waals surface area contributed by atoms with Gasteiger partial charge in [-0.1, -0.05) is 13.0 Å². The van der Waals surface area contributed by atoms with Crippen LogP contribution in [0.5, 0.6) is 0 Å². The van der Waals surface area contributed by atoms with Crippen LogP contribution < -0.4 is 10.6 Å². The van der Waals surface area contributed by atoms with Crippen molar-refractivity contribution in [2.45, 2.75) is 32.2 Å². The van der Waals surface area contributed by atoms with E-state index in [0.717, 1.165) is 18.7 Å². The van der Waals surface area contributed by atoms with Gasteiger partial charge in [0.05, 0.1) is 11.4 Å². The van der Waals surface area contributed by atoms with E-state index in [1.165, 1.54) is 18.9 Å². The van der Waals surface area contributed by atoms with E-state index in [0.29, 0.717) is 6.04 Å². The van der Waals surface area contributed by atoms with Gasteiger partial charge < -0.3 is 10.6 Å². The van der Waals surface area contributed by atoms with Gasteiger partial charge in [0.2, 0.25) is 0 Å². The molecule has 15 heavy (non-hydrogen) atoms. The molecule has 0 amide bonds. The molecule has 2 N–H and O–H groups in total. The van der Waals surface area contributed by atoms with Crippen molar-refractivity contribution in [2.75, 3.05) is 17.2 Å². The Hall–Kier alpha value is -1.25. The molecule has 0 heterocycles. The quantitative estimate of drug-likeness (QED) is 0.771. The van der Waals surface area contributed by atoms with Crippen LogP contribution >= 0.6 is 0 Å². The molecule has 1 saturated carbocycles. The Bertz CT molecular complexity index is 347. The number of nitrogen functional groups attached to an aromatic ring is 1. The number of benzene rings is 1. The molecule has 1 aliphatic rings. The first-order valence-electron chi connectivity index (χ1n) is 5.54. The van der Waals surface area contributed by atoms with Crippen LogP contribution in [0.2, 0.25) is 0 Å². The lowest BCUT2D eigenvalue weighted by atomic mass is 10.2. The smallest absolute Gasteiger partial charge is 0.148 e. The topological polar surface area (TPSA) is 29.3 Å². The van der Waals surface area contributed by atoms with Crippen LogP contribution in [0.15, 0.2) is 18.2 Å². The minimum Gasteiger partial charge on any atom is -0.395 e. The number of anilines is 2. The fraction of sp³-hybridized carbons (Fsp3) is 0.500. The van der Waals surface area contributed by atoms with Crippen LogP contribution in [0.3, 0.4) is 0 Å². The van der Waals surface area contributed by atoms with E-state index in [1.54, 1.807) is 6.07 Å². The zero-order chi connectivity index (χ0) is 10.8. The molecule has 0 spiro atoms. The maximum atomic E-state index is 13.3. The zero-order valence-electron chi connectivity index (χ0n) is 9.04. The summed E-state index contributed by atoms with van der Waals surface area (Å²) < 4.78 is 13.3. The summed E-state index contributed by atoms with van der Waals surface area (Å²) in [4.78, 5) is 2.23. The van der Waals surface area contributed by atoms with Crippen molar-refractivity contribution < 1.29 is 4.39 Å². The molecule has 1 aliphatic carbocycles. The highest BCUT2D eigenvalue weighted by Gasteiger charge is 2.29. The first-order chi connectivity index (χ1) is 7.24. The molecule has 2 rings (SSSR count). The summed E-state index contributed by atoms with van der Waals surface area (Å²) in [6.45, 7) is 3.09. The fourth-order valence-corrected chi connectivity index (χ4v) is 1.90. The third-order valence-electron chi connectivity index (χ3n) is 2.79. The highest BCUT2D eigenvalue weighted by Crippen LogP contribution is 2.35. The SMILES string of the molecule is CCCN(c1cccc(F)c1N)C1CC1. The molecular weight excluding hydrogens is 191 g/mol. The van der Waals surface area contributed by atoms with E-state index in [4.69, 9.17) is 5.73 Å². The van der Waals surface area contributed by atoms with Crippen LogP contribution in [0.1, 0.15) is 26.2 Å². The van der Waals surface area contributed by atoms with E-state index >= 15 is 0 Å². The number of nitrogens with two attached hydrogens (primary N) is 1. The minimum atomic E-state index is -0.311. The largest absolute Gasteiger partial charge is 0.395 e. The van der Waals surface area contributed by atoms with Gasteiger partial charge in [-0.05, 0) is 31.4 Å². The van der Waals surface area contributed by atoms with Crippen LogP contribution in [0.25, 0.3) is 0 Å². The van der Waals surface area contributed by atoms with E-state index in [2.05, 4.69) is 11.8 Å². The Balaban J connectivity index is 2.28. The standard InChI is InChI=1S/C12H17FN2/c1-2-8-15(9-6-7-9)11-5-3-4-10(13)12(11)14/h3-5,9H,2,6-8,14H2,1H3. The van der Waals surface area contributed by atoms with Crippen LogP contribution in [0.4, 0.5) is 15.8 Å². The summed E-state index contributed by atoms with van der Waals surface area (Å²) in [5, 5.41) is 0. The van der Waals surface area contributed by atoms with Crippen LogP contribution in [0, 0.1) is 5.82 Å². The number of nitrogens with zero attached hydrogens (tertiary/aromatic N) is 1. The molecule has 0 aromatic heterocycles. The predicted octanol–water partition coefficient (Wildman–Crippen LogP) is 2.79. The Labute approximate surface area is 89.9 Å². The number of hydrogen-bond donors (Lipinski definition) is 1. The first-order valence-corrected chi connectivity index (χ1v) is 5.54. The van der Waals surface area contributed by atoms with Gasteiger partial charge in [-0.3, -0.25) is 0 Å². The summed E-state index contributed by atoms with van der Waals surface area (Å²) in [5.74, 6) is -0.311. The molecule has 0 bridgehead atoms. The number of rotatable bonds is 4. The second kappa shape index (κ2) is 4.09. The lowest BCUT2D eigenvalue weighted by Gasteiger charge is -2.25. The molecule has 2 nitrogen and oxygen atoms in total. The Morgan fingerprint density at radius 3 is 2.80 bits per heavy atom. The van der Waals surface area contributed by atoms with Crippen LogP contribution in [-0.4, -0.2) is 12.6 Å². The third-order valence-corrected chi connectivity index (χ3v) is 2.79. The summed E-state index contributed by atoms with van der Waals surface area (Å²) in [6.07, 6.45) is 3.47. The summed E-state index contributed by atoms with van der Waals surface area (Å²) >= 11 is 0. The summed E-state index contributed by atoms with van der Waals surface area (Å²) in [6, 6.07) is 5.63. The van der Waals surface area contributed by atoms with Crippen LogP contribution in [-0.2, 0) is 0 Å². The molecule has 0 atom stereocenters. The monoisotopic (exact) mass is 208 g/mol. The van der Waals surface area contributed by atoms with Gasteiger partial charge >= 0.3 is 0 Å². The number of para-hydroxylation sites is 1. The van der Waals surface area contributed by atoms with Gasteiger partial charge in [0.25, 0.3) is 0 Å². The second-order valence-corrected chi connectivity index (χ2v) is 4.10. The van der Waals surface area contributed by atoms with E-state index in [-0.39, 0.29) is 11.5 Å². The lowest BCUT2D eigenvalue weighted by molar-refractivity contribution is 0.630. The van der Waals surface area contributed by atoms with Crippen molar-refractivity contribution in [3.63, 3.8) is 0 Å². The molecular formula is C12H17FN2. The van der Waals surface area contributed by atoms with Gasteiger partial charge in [-0.15, -0.1) is 0 Å². The summed E-state index contributed by atoms with van der Waals surface area (Å²) in [7, 11) is 0. The molecule has 1 aromatic carbocycles. The normalized spacial score (nSPS) is 15.3.